The summed E-state index contributed by atoms with van der Waals surface area (Å²) in [6.07, 6.45) is 6.34. The fourth-order valence-electron chi connectivity index (χ4n) is 0.787. The largest absolute Gasteiger partial charge is 0.478 e. The predicted molar refractivity (Wildman–Crippen MR) is 45.5 cm³/mol. The molecule has 4 nitrogen and oxygen atoms in total. The van der Waals surface area contributed by atoms with Crippen LogP contribution in [0.15, 0.2) is 18.3 Å². The zero-order chi connectivity index (χ0) is 9.68. The second-order valence-corrected chi connectivity index (χ2v) is 2.15. The Morgan fingerprint density at radius 3 is 3.15 bits per heavy atom. The van der Waals surface area contributed by atoms with E-state index in [2.05, 4.69) is 10.9 Å². The zero-order valence-corrected chi connectivity index (χ0v) is 6.73. The standard InChI is InChI=1S/C9H7NO3/c1-2-6-13-7-4-3-5-10-8(7)9(11)12/h1,3-5H,6H2,(H,11,12). The molecule has 66 valence electrons. The van der Waals surface area contributed by atoms with Crippen molar-refractivity contribution in [1.82, 2.24) is 4.98 Å². The van der Waals surface area contributed by atoms with E-state index in [9.17, 15) is 4.79 Å². The van der Waals surface area contributed by atoms with Crippen molar-refractivity contribution in [1.29, 1.82) is 0 Å². The Hall–Kier alpha value is -2.02. The average molecular weight is 177 g/mol. The Labute approximate surface area is 75.2 Å². The van der Waals surface area contributed by atoms with Gasteiger partial charge in [0.1, 0.15) is 6.61 Å². The molecule has 0 saturated heterocycles. The highest BCUT2D eigenvalue weighted by Crippen LogP contribution is 2.14. The van der Waals surface area contributed by atoms with Crippen LogP contribution >= 0.6 is 0 Å². The zero-order valence-electron chi connectivity index (χ0n) is 6.73. The van der Waals surface area contributed by atoms with Gasteiger partial charge in [-0.15, -0.1) is 6.42 Å². The van der Waals surface area contributed by atoms with Gasteiger partial charge in [0.2, 0.25) is 0 Å². The molecule has 0 saturated carbocycles. The van der Waals surface area contributed by atoms with E-state index in [1.165, 1.54) is 12.3 Å². The minimum Gasteiger partial charge on any atom is -0.478 e. The molecule has 0 unspecified atom stereocenters. The third-order valence-electron chi connectivity index (χ3n) is 1.28. The van der Waals surface area contributed by atoms with Crippen molar-refractivity contribution < 1.29 is 14.6 Å². The highest BCUT2D eigenvalue weighted by atomic mass is 16.5. The van der Waals surface area contributed by atoms with Gasteiger partial charge < -0.3 is 9.84 Å². The molecule has 13 heavy (non-hydrogen) atoms. The van der Waals surface area contributed by atoms with Crippen LogP contribution in [0.5, 0.6) is 5.75 Å². The Morgan fingerprint density at radius 2 is 2.54 bits per heavy atom. The number of carboxylic acids is 1. The summed E-state index contributed by atoms with van der Waals surface area (Å²) in [6, 6.07) is 3.09. The SMILES string of the molecule is C#CCOc1cccnc1C(=O)O. The van der Waals surface area contributed by atoms with Gasteiger partial charge in [-0.2, -0.15) is 0 Å². The molecule has 0 amide bonds. The summed E-state index contributed by atoms with van der Waals surface area (Å²) >= 11 is 0. The first-order chi connectivity index (χ1) is 6.25. The lowest BCUT2D eigenvalue weighted by molar-refractivity contribution is 0.0686. The average Bonchev–Trinajstić information content (AvgIpc) is 2.15. The van der Waals surface area contributed by atoms with Crippen molar-refractivity contribution in [2.75, 3.05) is 6.61 Å². The lowest BCUT2D eigenvalue weighted by Gasteiger charge is -2.03. The monoisotopic (exact) mass is 177 g/mol. The van der Waals surface area contributed by atoms with Gasteiger partial charge in [-0.3, -0.25) is 0 Å². The van der Waals surface area contributed by atoms with E-state index in [1.807, 2.05) is 0 Å². The van der Waals surface area contributed by atoms with Crippen molar-refractivity contribution >= 4 is 5.97 Å². The predicted octanol–water partition coefficient (Wildman–Crippen LogP) is 0.792. The molecular formula is C9H7NO3. The van der Waals surface area contributed by atoms with E-state index in [-0.39, 0.29) is 18.1 Å². The van der Waals surface area contributed by atoms with Crippen LogP contribution in [0.4, 0.5) is 0 Å². The normalized spacial score (nSPS) is 8.85. The molecule has 0 fully saturated rings. The first-order valence-corrected chi connectivity index (χ1v) is 3.50. The van der Waals surface area contributed by atoms with Gasteiger partial charge in [-0.25, -0.2) is 9.78 Å². The number of carbonyl (C=O) groups is 1. The number of rotatable bonds is 3. The topological polar surface area (TPSA) is 59.4 Å². The highest BCUT2D eigenvalue weighted by Gasteiger charge is 2.11. The number of hydrogen-bond acceptors (Lipinski definition) is 3. The molecule has 0 aliphatic heterocycles. The second-order valence-electron chi connectivity index (χ2n) is 2.15. The van der Waals surface area contributed by atoms with E-state index in [1.54, 1.807) is 6.07 Å². The van der Waals surface area contributed by atoms with Crippen LogP contribution in [0, 0.1) is 12.3 Å². The molecule has 0 aliphatic carbocycles. The Kier molecular flexibility index (Phi) is 2.87. The summed E-state index contributed by atoms with van der Waals surface area (Å²) in [7, 11) is 0. The quantitative estimate of drug-likeness (QED) is 0.693. The van der Waals surface area contributed by atoms with Crippen molar-refractivity contribution in [2.45, 2.75) is 0 Å². The summed E-state index contributed by atoms with van der Waals surface area (Å²) in [5, 5.41) is 8.67. The second kappa shape index (κ2) is 4.12. The van der Waals surface area contributed by atoms with E-state index >= 15 is 0 Å². The van der Waals surface area contributed by atoms with Crippen LogP contribution in [0.2, 0.25) is 0 Å². The summed E-state index contributed by atoms with van der Waals surface area (Å²) in [5.41, 5.74) is -0.127. The maximum atomic E-state index is 10.6. The molecule has 4 heteroatoms. The molecule has 0 aromatic carbocycles. The maximum Gasteiger partial charge on any atom is 0.358 e. The smallest absolute Gasteiger partial charge is 0.358 e. The number of aromatic nitrogens is 1. The van der Waals surface area contributed by atoms with Gasteiger partial charge in [0.15, 0.2) is 11.4 Å². The number of ether oxygens (including phenoxy) is 1. The highest BCUT2D eigenvalue weighted by molar-refractivity contribution is 5.88. The molecule has 1 aromatic heterocycles. The summed E-state index contributed by atoms with van der Waals surface area (Å²) in [5.74, 6) is 1.30. The summed E-state index contributed by atoms with van der Waals surface area (Å²) in [6.45, 7) is 0.0337. The molecule has 0 bridgehead atoms. The van der Waals surface area contributed by atoms with Crippen LogP contribution in [0.25, 0.3) is 0 Å². The van der Waals surface area contributed by atoms with Crippen molar-refractivity contribution in [3.05, 3.63) is 24.0 Å². The number of carboxylic acid groups (broad SMARTS) is 1. The summed E-state index contributed by atoms with van der Waals surface area (Å²) < 4.78 is 4.97. The van der Waals surface area contributed by atoms with Crippen molar-refractivity contribution in [3.63, 3.8) is 0 Å². The first kappa shape index (κ1) is 9.07. The molecule has 1 aromatic rings. The lowest BCUT2D eigenvalue weighted by Crippen LogP contribution is -2.05. The molecule has 1 rings (SSSR count). The van der Waals surface area contributed by atoms with Crippen LogP contribution in [-0.4, -0.2) is 22.7 Å². The molecule has 0 atom stereocenters. The van der Waals surface area contributed by atoms with E-state index in [4.69, 9.17) is 16.3 Å². The van der Waals surface area contributed by atoms with Gasteiger partial charge in [-0.1, -0.05) is 5.92 Å². The van der Waals surface area contributed by atoms with Gasteiger partial charge in [0.25, 0.3) is 0 Å². The van der Waals surface area contributed by atoms with Gasteiger partial charge in [0.05, 0.1) is 0 Å². The number of aromatic carboxylic acids is 1. The maximum absolute atomic E-state index is 10.6. The van der Waals surface area contributed by atoms with Gasteiger partial charge in [0, 0.05) is 6.20 Å². The third kappa shape index (κ3) is 2.20. The van der Waals surface area contributed by atoms with Crippen molar-refractivity contribution in [2.24, 2.45) is 0 Å². The fourth-order valence-corrected chi connectivity index (χ4v) is 0.787. The van der Waals surface area contributed by atoms with Crippen LogP contribution < -0.4 is 4.74 Å². The van der Waals surface area contributed by atoms with E-state index in [0.717, 1.165) is 0 Å². The van der Waals surface area contributed by atoms with Crippen LogP contribution in [0.1, 0.15) is 10.5 Å². The minimum absolute atomic E-state index is 0.0337. The molecule has 1 N–H and O–H groups in total. The number of pyridine rings is 1. The molecule has 0 spiro atoms. The van der Waals surface area contributed by atoms with Crippen LogP contribution in [-0.2, 0) is 0 Å². The molecular weight excluding hydrogens is 170 g/mol. The molecule has 0 aliphatic rings. The molecule has 0 radical (unpaired) electrons. The minimum atomic E-state index is -1.13. The van der Waals surface area contributed by atoms with E-state index < -0.39 is 5.97 Å². The summed E-state index contributed by atoms with van der Waals surface area (Å²) in [4.78, 5) is 14.2. The Bertz CT molecular complexity index is 354. The van der Waals surface area contributed by atoms with Gasteiger partial charge in [-0.05, 0) is 12.1 Å². The fraction of sp³-hybridized carbons (Fsp3) is 0.111. The van der Waals surface area contributed by atoms with Gasteiger partial charge >= 0.3 is 5.97 Å². The number of hydrogen-bond donors (Lipinski definition) is 1. The van der Waals surface area contributed by atoms with Crippen molar-refractivity contribution in [3.8, 4) is 18.1 Å². The first-order valence-electron chi connectivity index (χ1n) is 3.50. The molecule has 1 heterocycles. The van der Waals surface area contributed by atoms with E-state index in [0.29, 0.717) is 0 Å². The number of terminal acetylenes is 1. The lowest BCUT2D eigenvalue weighted by atomic mass is 10.3. The Balaban J connectivity index is 2.92. The number of nitrogens with zero attached hydrogens (tertiary/aromatic N) is 1. The Morgan fingerprint density at radius 1 is 1.77 bits per heavy atom. The van der Waals surface area contributed by atoms with Crippen LogP contribution in [0.3, 0.4) is 0 Å². The third-order valence-corrected chi connectivity index (χ3v) is 1.28.